The molecule has 3 aromatic rings. The van der Waals surface area contributed by atoms with Gasteiger partial charge in [-0.25, -0.2) is 4.98 Å². The minimum atomic E-state index is 0.00932. The van der Waals surface area contributed by atoms with Gasteiger partial charge in [-0.2, -0.15) is 0 Å². The molecule has 0 N–H and O–H groups in total. The van der Waals surface area contributed by atoms with Gasteiger partial charge in [0.05, 0.1) is 26.1 Å². The van der Waals surface area contributed by atoms with Crippen molar-refractivity contribution in [1.82, 2.24) is 9.97 Å². The third kappa shape index (κ3) is 3.66. The molecule has 1 unspecified atom stereocenters. The van der Waals surface area contributed by atoms with E-state index in [0.717, 1.165) is 35.9 Å². The summed E-state index contributed by atoms with van der Waals surface area (Å²) in [4.78, 5) is 13.3. The Bertz CT molecular complexity index is 944. The average Bonchev–Trinajstić information content (AvgIpc) is 2.73. The maximum atomic E-state index is 6.06. The van der Waals surface area contributed by atoms with Gasteiger partial charge in [0, 0.05) is 27.2 Å². The Morgan fingerprint density at radius 3 is 2.74 bits per heavy atom. The highest BCUT2D eigenvalue weighted by Crippen LogP contribution is 2.29. The minimum Gasteiger partial charge on any atom is -0.497 e. The zero-order valence-electron chi connectivity index (χ0n) is 15.9. The summed E-state index contributed by atoms with van der Waals surface area (Å²) in [6, 6.07) is 12.6. The second-order valence-corrected chi connectivity index (χ2v) is 6.91. The lowest BCUT2D eigenvalue weighted by Gasteiger charge is -2.34. The predicted octanol–water partition coefficient (Wildman–Crippen LogP) is 3.28. The van der Waals surface area contributed by atoms with Crippen molar-refractivity contribution >= 4 is 22.4 Å². The standard InChI is InChI=1S/C21H24N4O2/c1-24(2)20-12-22-13-21(23-20)25-8-9-27-19(14-25)17-5-4-16-11-18(26-3)7-6-15(16)10-17/h4-7,10-13,19H,8-9,14H2,1-3H3. The average molecular weight is 364 g/mol. The first-order valence-electron chi connectivity index (χ1n) is 9.07. The second-order valence-electron chi connectivity index (χ2n) is 6.91. The second kappa shape index (κ2) is 7.40. The molecule has 1 saturated heterocycles. The first-order valence-corrected chi connectivity index (χ1v) is 9.07. The van der Waals surface area contributed by atoms with Crippen molar-refractivity contribution in [2.45, 2.75) is 6.10 Å². The number of morpholine rings is 1. The van der Waals surface area contributed by atoms with Gasteiger partial charge in [0.1, 0.15) is 23.5 Å². The fraction of sp³-hybridized carbons (Fsp3) is 0.333. The van der Waals surface area contributed by atoms with E-state index in [1.54, 1.807) is 13.3 Å². The molecule has 1 aliphatic rings. The summed E-state index contributed by atoms with van der Waals surface area (Å²) in [7, 11) is 5.63. The van der Waals surface area contributed by atoms with Crippen molar-refractivity contribution in [3.05, 3.63) is 54.4 Å². The molecule has 2 aromatic carbocycles. The molecule has 0 spiro atoms. The molecule has 1 atom stereocenters. The van der Waals surface area contributed by atoms with Crippen LogP contribution in [0.3, 0.4) is 0 Å². The number of hydrogen-bond acceptors (Lipinski definition) is 6. The van der Waals surface area contributed by atoms with Crippen LogP contribution in [0.25, 0.3) is 10.8 Å². The summed E-state index contributed by atoms with van der Waals surface area (Å²) in [5.41, 5.74) is 1.18. The Balaban J connectivity index is 1.57. The molecular formula is C21H24N4O2. The summed E-state index contributed by atoms with van der Waals surface area (Å²) >= 11 is 0. The topological polar surface area (TPSA) is 50.7 Å². The zero-order valence-corrected chi connectivity index (χ0v) is 15.9. The van der Waals surface area contributed by atoms with Crippen LogP contribution >= 0.6 is 0 Å². The molecule has 0 bridgehead atoms. The van der Waals surface area contributed by atoms with Crippen LogP contribution in [0.15, 0.2) is 48.8 Å². The monoisotopic (exact) mass is 364 g/mol. The normalized spacial score (nSPS) is 17.1. The molecule has 6 heteroatoms. The van der Waals surface area contributed by atoms with Crippen LogP contribution in [-0.4, -0.2) is 50.9 Å². The molecule has 0 amide bonds. The van der Waals surface area contributed by atoms with Crippen molar-refractivity contribution in [3.63, 3.8) is 0 Å². The van der Waals surface area contributed by atoms with E-state index in [-0.39, 0.29) is 6.10 Å². The maximum Gasteiger partial charge on any atom is 0.149 e. The van der Waals surface area contributed by atoms with Crippen molar-refractivity contribution in [2.75, 3.05) is 50.7 Å². The highest BCUT2D eigenvalue weighted by Gasteiger charge is 2.23. The van der Waals surface area contributed by atoms with Gasteiger partial charge >= 0.3 is 0 Å². The number of ether oxygens (including phenoxy) is 2. The van der Waals surface area contributed by atoms with Crippen molar-refractivity contribution in [1.29, 1.82) is 0 Å². The smallest absolute Gasteiger partial charge is 0.149 e. The summed E-state index contributed by atoms with van der Waals surface area (Å²) in [6.45, 7) is 2.24. The summed E-state index contributed by atoms with van der Waals surface area (Å²) in [6.07, 6.45) is 3.61. The number of methoxy groups -OCH3 is 1. The minimum absolute atomic E-state index is 0.00932. The van der Waals surface area contributed by atoms with E-state index in [9.17, 15) is 0 Å². The van der Waals surface area contributed by atoms with Gasteiger partial charge in [0.25, 0.3) is 0 Å². The van der Waals surface area contributed by atoms with Crippen LogP contribution in [0.1, 0.15) is 11.7 Å². The van der Waals surface area contributed by atoms with Gasteiger partial charge in [-0.05, 0) is 34.5 Å². The van der Waals surface area contributed by atoms with Crippen LogP contribution < -0.4 is 14.5 Å². The molecule has 0 saturated carbocycles. The van der Waals surface area contributed by atoms with Crippen LogP contribution in [0, 0.1) is 0 Å². The molecule has 4 rings (SSSR count). The SMILES string of the molecule is COc1ccc2cc(C3CN(c4cncc(N(C)C)n4)CCO3)ccc2c1. The highest BCUT2D eigenvalue weighted by molar-refractivity contribution is 5.84. The molecule has 0 aliphatic carbocycles. The molecule has 140 valence electrons. The summed E-state index contributed by atoms with van der Waals surface area (Å²) in [5, 5.41) is 2.35. The number of anilines is 2. The third-order valence-corrected chi connectivity index (χ3v) is 4.90. The summed E-state index contributed by atoms with van der Waals surface area (Å²) < 4.78 is 11.4. The van der Waals surface area contributed by atoms with Crippen LogP contribution in [0.4, 0.5) is 11.6 Å². The number of benzene rings is 2. The lowest BCUT2D eigenvalue weighted by atomic mass is 10.0. The number of hydrogen-bond donors (Lipinski definition) is 0. The molecular weight excluding hydrogens is 340 g/mol. The fourth-order valence-corrected chi connectivity index (χ4v) is 3.34. The Hall–Kier alpha value is -2.86. The van der Waals surface area contributed by atoms with Gasteiger partial charge in [0.15, 0.2) is 0 Å². The van der Waals surface area contributed by atoms with Crippen molar-refractivity contribution < 1.29 is 9.47 Å². The van der Waals surface area contributed by atoms with Crippen LogP contribution in [0.5, 0.6) is 5.75 Å². The largest absolute Gasteiger partial charge is 0.497 e. The van der Waals surface area contributed by atoms with Crippen LogP contribution in [0.2, 0.25) is 0 Å². The molecule has 27 heavy (non-hydrogen) atoms. The molecule has 1 fully saturated rings. The molecule has 1 aliphatic heterocycles. The highest BCUT2D eigenvalue weighted by atomic mass is 16.5. The third-order valence-electron chi connectivity index (χ3n) is 4.90. The Morgan fingerprint density at radius 2 is 1.93 bits per heavy atom. The van der Waals surface area contributed by atoms with E-state index in [1.165, 1.54) is 10.9 Å². The predicted molar refractivity (Wildman–Crippen MR) is 108 cm³/mol. The maximum absolute atomic E-state index is 6.06. The molecule has 6 nitrogen and oxygen atoms in total. The van der Waals surface area contributed by atoms with Gasteiger partial charge in [-0.1, -0.05) is 18.2 Å². The Morgan fingerprint density at radius 1 is 1.11 bits per heavy atom. The Labute approximate surface area is 159 Å². The van der Waals surface area contributed by atoms with E-state index < -0.39 is 0 Å². The first kappa shape index (κ1) is 17.5. The Kier molecular flexibility index (Phi) is 4.81. The van der Waals surface area contributed by atoms with E-state index in [2.05, 4.69) is 40.2 Å². The fourth-order valence-electron chi connectivity index (χ4n) is 3.34. The van der Waals surface area contributed by atoms with Gasteiger partial charge < -0.3 is 19.3 Å². The van der Waals surface area contributed by atoms with E-state index in [0.29, 0.717) is 6.61 Å². The van der Waals surface area contributed by atoms with E-state index >= 15 is 0 Å². The van der Waals surface area contributed by atoms with Crippen molar-refractivity contribution in [3.8, 4) is 5.75 Å². The first-order chi connectivity index (χ1) is 13.1. The van der Waals surface area contributed by atoms with Crippen molar-refractivity contribution in [2.24, 2.45) is 0 Å². The number of rotatable bonds is 4. The van der Waals surface area contributed by atoms with E-state index in [4.69, 9.17) is 14.5 Å². The number of aromatic nitrogens is 2. The summed E-state index contributed by atoms with van der Waals surface area (Å²) in [5.74, 6) is 2.62. The zero-order chi connectivity index (χ0) is 18.8. The van der Waals surface area contributed by atoms with Gasteiger partial charge in [-0.3, -0.25) is 4.98 Å². The lowest BCUT2D eigenvalue weighted by Crippen LogP contribution is -2.39. The van der Waals surface area contributed by atoms with Crippen LogP contribution in [-0.2, 0) is 4.74 Å². The number of fused-ring (bicyclic) bond motifs is 1. The number of nitrogens with zero attached hydrogens (tertiary/aromatic N) is 4. The van der Waals surface area contributed by atoms with E-state index in [1.807, 2.05) is 31.3 Å². The quantitative estimate of drug-likeness (QED) is 0.708. The molecule has 0 radical (unpaired) electrons. The van der Waals surface area contributed by atoms with Gasteiger partial charge in [0.2, 0.25) is 0 Å². The lowest BCUT2D eigenvalue weighted by molar-refractivity contribution is 0.0396. The molecule has 2 heterocycles. The van der Waals surface area contributed by atoms with Gasteiger partial charge in [-0.15, -0.1) is 0 Å². The molecule has 1 aromatic heterocycles.